The fourth-order valence-electron chi connectivity index (χ4n) is 0.821. The maximum absolute atomic E-state index is 3.91. The lowest BCUT2D eigenvalue weighted by atomic mass is 10.2. The van der Waals surface area contributed by atoms with Crippen molar-refractivity contribution in [3.05, 3.63) is 10.6 Å². The van der Waals surface area contributed by atoms with Crippen molar-refractivity contribution in [2.24, 2.45) is 5.10 Å². The number of hydrogen-bond acceptors (Lipinski definition) is 2. The Labute approximate surface area is 52.0 Å². The molecule has 41 valence electrons. The van der Waals surface area contributed by atoms with Crippen LogP contribution in [0.4, 0.5) is 0 Å². The van der Waals surface area contributed by atoms with Crippen LogP contribution in [0.5, 0.6) is 0 Å². The molecule has 0 unspecified atom stereocenters. The number of hydrogen-bond donors (Lipinski definition) is 0. The summed E-state index contributed by atoms with van der Waals surface area (Å²) in [5, 5.41) is 4.92. The highest BCUT2D eigenvalue weighted by Crippen LogP contribution is 2.31. The van der Waals surface area contributed by atoms with E-state index in [0.29, 0.717) is 0 Å². The van der Waals surface area contributed by atoms with Crippen LogP contribution in [0.3, 0.4) is 0 Å². The maximum atomic E-state index is 3.91. The zero-order chi connectivity index (χ0) is 5.40. The first-order valence-corrected chi connectivity index (χ1v) is 3.55. The minimum atomic E-state index is 1.14. The van der Waals surface area contributed by atoms with Gasteiger partial charge in [-0.05, 0) is 6.42 Å². The Morgan fingerprint density at radius 1 is 1.62 bits per heavy atom. The highest BCUT2D eigenvalue weighted by atomic mass is 32.2. The highest BCUT2D eigenvalue weighted by molar-refractivity contribution is 8.03. The summed E-state index contributed by atoms with van der Waals surface area (Å²) in [4.78, 5) is 0. The zero-order valence-electron chi connectivity index (χ0n) is 4.29. The summed E-state index contributed by atoms with van der Waals surface area (Å²) in [6.07, 6.45) is 3.02. The molecule has 0 spiro atoms. The van der Waals surface area contributed by atoms with Crippen LogP contribution in [0.25, 0.3) is 0 Å². The van der Waals surface area contributed by atoms with Gasteiger partial charge in [0.2, 0.25) is 0 Å². The average Bonchev–Trinajstić information content (AvgIpc) is 2.15. The van der Waals surface area contributed by atoms with Crippen molar-refractivity contribution in [3.8, 4) is 0 Å². The van der Waals surface area contributed by atoms with Gasteiger partial charge in [0.25, 0.3) is 0 Å². The Kier molecular flexibility index (Phi) is 0.842. The molecule has 0 aromatic carbocycles. The van der Waals surface area contributed by atoms with Gasteiger partial charge in [-0.2, -0.15) is 5.10 Å². The summed E-state index contributed by atoms with van der Waals surface area (Å²) in [6.45, 7) is 0. The molecule has 0 fully saturated rings. The molecule has 2 aliphatic rings. The lowest BCUT2D eigenvalue weighted by molar-refractivity contribution is 0.958. The van der Waals surface area contributed by atoms with Crippen LogP contribution in [0.15, 0.2) is 15.7 Å². The van der Waals surface area contributed by atoms with Gasteiger partial charge in [-0.15, -0.1) is 17.2 Å². The lowest BCUT2D eigenvalue weighted by Crippen LogP contribution is -1.82. The Balaban J connectivity index is 2.33. The summed E-state index contributed by atoms with van der Waals surface area (Å²) in [5.74, 6) is 1.19. The summed E-state index contributed by atoms with van der Waals surface area (Å²) >= 11 is 1.80. The number of nitrogens with zero attached hydrogens (tertiary/aromatic N) is 2. The van der Waals surface area contributed by atoms with Crippen LogP contribution in [0.2, 0.25) is 0 Å². The SMILES string of the molecule is C1=N[N]C2=C1CCS2. The minimum absolute atomic E-state index is 1.14. The van der Waals surface area contributed by atoms with Crippen molar-refractivity contribution < 1.29 is 0 Å². The Morgan fingerprint density at radius 2 is 2.62 bits per heavy atom. The van der Waals surface area contributed by atoms with E-state index in [2.05, 4.69) is 10.5 Å². The quantitative estimate of drug-likeness (QED) is 0.473. The van der Waals surface area contributed by atoms with Crippen molar-refractivity contribution >= 4 is 18.0 Å². The predicted molar refractivity (Wildman–Crippen MR) is 34.7 cm³/mol. The molecule has 0 aliphatic carbocycles. The van der Waals surface area contributed by atoms with Crippen LogP contribution in [-0.2, 0) is 0 Å². The van der Waals surface area contributed by atoms with Gasteiger partial charge < -0.3 is 0 Å². The van der Waals surface area contributed by atoms with Gasteiger partial charge in [0, 0.05) is 11.3 Å². The van der Waals surface area contributed by atoms with Gasteiger partial charge in [0.1, 0.15) is 5.03 Å². The third-order valence-electron chi connectivity index (χ3n) is 1.25. The normalized spacial score (nSPS) is 24.0. The largest absolute Gasteiger partial charge is 0.158 e. The minimum Gasteiger partial charge on any atom is -0.158 e. The predicted octanol–water partition coefficient (Wildman–Crippen LogP) is 0.939. The molecule has 0 aromatic heterocycles. The van der Waals surface area contributed by atoms with Gasteiger partial charge in [0.15, 0.2) is 0 Å². The van der Waals surface area contributed by atoms with Crippen molar-refractivity contribution in [1.82, 2.24) is 5.43 Å². The zero-order valence-corrected chi connectivity index (χ0v) is 5.11. The van der Waals surface area contributed by atoms with Crippen molar-refractivity contribution in [3.63, 3.8) is 0 Å². The van der Waals surface area contributed by atoms with Crippen molar-refractivity contribution in [1.29, 1.82) is 0 Å². The molecular formula is C5H5N2S. The molecule has 2 heterocycles. The van der Waals surface area contributed by atoms with E-state index in [-0.39, 0.29) is 0 Å². The molecule has 0 bridgehead atoms. The molecule has 0 aromatic rings. The van der Waals surface area contributed by atoms with Gasteiger partial charge in [-0.3, -0.25) is 0 Å². The standard InChI is InChI=1S/C5H5N2S/c1-2-8-5-4(1)3-6-7-5/h3H,1-2H2. The van der Waals surface area contributed by atoms with E-state index in [1.54, 1.807) is 11.8 Å². The Morgan fingerprint density at radius 3 is 3.50 bits per heavy atom. The van der Waals surface area contributed by atoms with Gasteiger partial charge in [0.05, 0.1) is 6.21 Å². The number of thioether (sulfide) groups is 1. The Bertz CT molecular complexity index is 171. The molecular weight excluding hydrogens is 120 g/mol. The van der Waals surface area contributed by atoms with Gasteiger partial charge in [-0.1, -0.05) is 0 Å². The second-order valence-corrected chi connectivity index (χ2v) is 2.86. The van der Waals surface area contributed by atoms with Gasteiger partial charge >= 0.3 is 0 Å². The summed E-state index contributed by atoms with van der Waals surface area (Å²) in [6, 6.07) is 0. The van der Waals surface area contributed by atoms with Crippen molar-refractivity contribution in [2.45, 2.75) is 6.42 Å². The van der Waals surface area contributed by atoms with E-state index in [1.165, 1.54) is 11.3 Å². The van der Waals surface area contributed by atoms with E-state index in [1.807, 2.05) is 6.21 Å². The summed E-state index contributed by atoms with van der Waals surface area (Å²) in [7, 11) is 0. The first-order valence-electron chi connectivity index (χ1n) is 2.57. The Hall–Kier alpha value is -0.440. The van der Waals surface area contributed by atoms with E-state index in [4.69, 9.17) is 0 Å². The number of rotatable bonds is 0. The molecule has 0 atom stereocenters. The third kappa shape index (κ3) is 0.478. The molecule has 0 saturated carbocycles. The smallest absolute Gasteiger partial charge is 0.124 e. The first-order chi connectivity index (χ1) is 3.97. The van der Waals surface area contributed by atoms with Gasteiger partial charge in [-0.25, -0.2) is 0 Å². The molecule has 2 nitrogen and oxygen atoms in total. The second kappa shape index (κ2) is 1.52. The molecule has 0 saturated heterocycles. The maximum Gasteiger partial charge on any atom is 0.124 e. The fourth-order valence-corrected chi connectivity index (χ4v) is 1.78. The molecule has 0 amide bonds. The molecule has 8 heavy (non-hydrogen) atoms. The fraction of sp³-hybridized carbons (Fsp3) is 0.400. The molecule has 2 rings (SSSR count). The molecule has 1 radical (unpaired) electrons. The topological polar surface area (TPSA) is 26.5 Å². The molecule has 2 aliphatic heterocycles. The van der Waals surface area contributed by atoms with E-state index in [9.17, 15) is 0 Å². The van der Waals surface area contributed by atoms with Crippen LogP contribution in [-0.4, -0.2) is 12.0 Å². The van der Waals surface area contributed by atoms with E-state index in [0.717, 1.165) is 11.4 Å². The number of allylic oxidation sites excluding steroid dienone is 1. The van der Waals surface area contributed by atoms with Crippen LogP contribution in [0, 0.1) is 0 Å². The monoisotopic (exact) mass is 125 g/mol. The first kappa shape index (κ1) is 4.44. The molecule has 3 heteroatoms. The second-order valence-electron chi connectivity index (χ2n) is 1.77. The molecule has 0 N–H and O–H groups in total. The summed E-state index contributed by atoms with van der Waals surface area (Å²) in [5.41, 5.74) is 5.24. The summed E-state index contributed by atoms with van der Waals surface area (Å²) < 4.78 is 0. The third-order valence-corrected chi connectivity index (χ3v) is 2.27. The highest BCUT2D eigenvalue weighted by Gasteiger charge is 2.17. The van der Waals surface area contributed by atoms with Crippen LogP contribution in [0.1, 0.15) is 6.42 Å². The lowest BCUT2D eigenvalue weighted by Gasteiger charge is -1.86. The average molecular weight is 125 g/mol. The van der Waals surface area contributed by atoms with Crippen LogP contribution >= 0.6 is 11.8 Å². The van der Waals surface area contributed by atoms with E-state index < -0.39 is 0 Å². The van der Waals surface area contributed by atoms with Crippen LogP contribution < -0.4 is 5.43 Å². The van der Waals surface area contributed by atoms with Crippen molar-refractivity contribution in [2.75, 3.05) is 5.75 Å². The van der Waals surface area contributed by atoms with E-state index >= 15 is 0 Å².